The smallest absolute Gasteiger partial charge is 0.236 e. The molecule has 0 saturated carbocycles. The van der Waals surface area contributed by atoms with Crippen LogP contribution in [0, 0.1) is 6.92 Å². The number of para-hydroxylation sites is 2. The molecule has 0 saturated heterocycles. The van der Waals surface area contributed by atoms with Crippen LogP contribution in [0.1, 0.15) is 32.0 Å². The first-order chi connectivity index (χ1) is 10.1. The number of rotatable bonds is 7. The molecular formula is C16H24N4O. The number of nitrogens with two attached hydrogens (primary N) is 1. The van der Waals surface area contributed by atoms with Crippen LogP contribution in [0.15, 0.2) is 24.3 Å². The Morgan fingerprint density at radius 2 is 2.19 bits per heavy atom. The van der Waals surface area contributed by atoms with E-state index < -0.39 is 0 Å². The van der Waals surface area contributed by atoms with Gasteiger partial charge in [0.2, 0.25) is 5.91 Å². The summed E-state index contributed by atoms with van der Waals surface area (Å²) in [5.41, 5.74) is 7.94. The molecule has 0 aliphatic carbocycles. The topological polar surface area (TPSA) is 72.9 Å². The van der Waals surface area contributed by atoms with Crippen molar-refractivity contribution in [3.8, 4) is 0 Å². The Bertz CT molecular complexity index is 605. The van der Waals surface area contributed by atoms with E-state index in [-0.39, 0.29) is 11.9 Å². The predicted molar refractivity (Wildman–Crippen MR) is 85.0 cm³/mol. The zero-order chi connectivity index (χ0) is 15.2. The number of hydrogen-bond acceptors (Lipinski definition) is 3. The van der Waals surface area contributed by atoms with E-state index in [4.69, 9.17) is 5.73 Å². The van der Waals surface area contributed by atoms with Crippen LogP contribution < -0.4 is 11.1 Å². The fraction of sp³-hybridized carbons (Fsp3) is 0.500. The number of aryl methyl sites for hydroxylation is 2. The second kappa shape index (κ2) is 7.22. The van der Waals surface area contributed by atoms with Gasteiger partial charge in [0.25, 0.3) is 0 Å². The Balaban J connectivity index is 1.86. The minimum Gasteiger partial charge on any atom is -0.355 e. The Labute approximate surface area is 125 Å². The molecule has 3 N–H and O–H groups in total. The number of nitrogens with one attached hydrogen (secondary N) is 1. The number of aromatic nitrogens is 2. The molecule has 1 atom stereocenters. The van der Waals surface area contributed by atoms with Gasteiger partial charge in [-0.15, -0.1) is 0 Å². The summed E-state index contributed by atoms with van der Waals surface area (Å²) < 4.78 is 2.19. The molecule has 114 valence electrons. The van der Waals surface area contributed by atoms with E-state index in [2.05, 4.69) is 20.9 Å². The number of nitrogens with zero attached hydrogens (tertiary/aromatic N) is 2. The molecular weight excluding hydrogens is 264 g/mol. The van der Waals surface area contributed by atoms with Gasteiger partial charge in [0.1, 0.15) is 5.82 Å². The first kappa shape index (κ1) is 15.5. The van der Waals surface area contributed by atoms with Crippen molar-refractivity contribution in [2.75, 3.05) is 6.54 Å². The number of benzene rings is 1. The van der Waals surface area contributed by atoms with Gasteiger partial charge in [-0.1, -0.05) is 25.5 Å². The van der Waals surface area contributed by atoms with Gasteiger partial charge in [0.15, 0.2) is 0 Å². The van der Waals surface area contributed by atoms with Crippen molar-refractivity contribution in [2.24, 2.45) is 5.73 Å². The molecule has 1 unspecified atom stereocenters. The van der Waals surface area contributed by atoms with E-state index in [1.54, 1.807) is 0 Å². The van der Waals surface area contributed by atoms with E-state index in [1.807, 2.05) is 32.0 Å². The molecule has 5 nitrogen and oxygen atoms in total. The predicted octanol–water partition coefficient (Wildman–Crippen LogP) is 1.98. The van der Waals surface area contributed by atoms with Gasteiger partial charge >= 0.3 is 0 Å². The van der Waals surface area contributed by atoms with Gasteiger partial charge < -0.3 is 15.6 Å². The average Bonchev–Trinajstić information content (AvgIpc) is 2.79. The van der Waals surface area contributed by atoms with Crippen molar-refractivity contribution >= 4 is 16.9 Å². The normalized spacial score (nSPS) is 12.5. The highest BCUT2D eigenvalue weighted by Gasteiger charge is 2.11. The first-order valence-corrected chi connectivity index (χ1v) is 7.58. The van der Waals surface area contributed by atoms with Crippen molar-refractivity contribution in [1.29, 1.82) is 0 Å². The standard InChI is InChI=1S/C16H24N4O/c1-3-7-13(17)16(21)18-10-6-11-20-12(2)19-14-8-4-5-9-15(14)20/h4-5,8-9,13H,3,6-7,10-11,17H2,1-2H3,(H,18,21). The molecule has 0 bridgehead atoms. The van der Waals surface area contributed by atoms with E-state index in [1.165, 1.54) is 0 Å². The fourth-order valence-electron chi connectivity index (χ4n) is 2.50. The average molecular weight is 288 g/mol. The zero-order valence-electron chi connectivity index (χ0n) is 12.8. The summed E-state index contributed by atoms with van der Waals surface area (Å²) in [5.74, 6) is 0.953. The lowest BCUT2D eigenvalue weighted by atomic mass is 10.1. The summed E-state index contributed by atoms with van der Waals surface area (Å²) in [4.78, 5) is 16.3. The summed E-state index contributed by atoms with van der Waals surface area (Å²) in [6.45, 7) is 5.52. The second-order valence-electron chi connectivity index (χ2n) is 5.34. The van der Waals surface area contributed by atoms with E-state index in [9.17, 15) is 4.79 Å². The number of fused-ring (bicyclic) bond motifs is 1. The van der Waals surface area contributed by atoms with Gasteiger partial charge in [-0.2, -0.15) is 0 Å². The van der Waals surface area contributed by atoms with E-state index >= 15 is 0 Å². The lowest BCUT2D eigenvalue weighted by molar-refractivity contribution is -0.122. The molecule has 2 aromatic rings. The molecule has 0 aliphatic heterocycles. The molecule has 1 aromatic heterocycles. The summed E-state index contributed by atoms with van der Waals surface area (Å²) >= 11 is 0. The number of carbonyl (C=O) groups excluding carboxylic acids is 1. The Hall–Kier alpha value is -1.88. The lowest BCUT2D eigenvalue weighted by Crippen LogP contribution is -2.40. The van der Waals surface area contributed by atoms with E-state index in [0.29, 0.717) is 6.54 Å². The molecule has 0 spiro atoms. The van der Waals surface area contributed by atoms with Crippen LogP contribution in [-0.4, -0.2) is 28.0 Å². The van der Waals surface area contributed by atoms with Crippen molar-refractivity contribution < 1.29 is 4.79 Å². The first-order valence-electron chi connectivity index (χ1n) is 7.58. The summed E-state index contributed by atoms with van der Waals surface area (Å²) in [5, 5.41) is 2.90. The lowest BCUT2D eigenvalue weighted by Gasteiger charge is -2.12. The van der Waals surface area contributed by atoms with Gasteiger partial charge in [-0.3, -0.25) is 4.79 Å². The Morgan fingerprint density at radius 3 is 2.95 bits per heavy atom. The highest BCUT2D eigenvalue weighted by atomic mass is 16.2. The maximum atomic E-state index is 11.7. The van der Waals surface area contributed by atoms with Crippen LogP contribution in [0.4, 0.5) is 0 Å². The number of imidazole rings is 1. The summed E-state index contributed by atoms with van der Waals surface area (Å²) in [6, 6.07) is 7.72. The quantitative estimate of drug-likeness (QED) is 0.765. The second-order valence-corrected chi connectivity index (χ2v) is 5.34. The minimum atomic E-state index is -0.384. The molecule has 21 heavy (non-hydrogen) atoms. The van der Waals surface area contributed by atoms with Gasteiger partial charge in [0.05, 0.1) is 17.1 Å². The number of hydrogen-bond donors (Lipinski definition) is 2. The molecule has 1 amide bonds. The highest BCUT2D eigenvalue weighted by Crippen LogP contribution is 2.15. The summed E-state index contributed by atoms with van der Waals surface area (Å²) in [7, 11) is 0. The largest absolute Gasteiger partial charge is 0.355 e. The fourth-order valence-corrected chi connectivity index (χ4v) is 2.50. The van der Waals surface area contributed by atoms with Crippen molar-refractivity contribution in [2.45, 2.75) is 45.7 Å². The maximum absolute atomic E-state index is 11.7. The molecule has 5 heteroatoms. The van der Waals surface area contributed by atoms with Gasteiger partial charge in [-0.25, -0.2) is 4.98 Å². The third-order valence-electron chi connectivity index (χ3n) is 3.64. The molecule has 2 rings (SSSR count). The van der Waals surface area contributed by atoms with Crippen LogP contribution in [0.3, 0.4) is 0 Å². The van der Waals surface area contributed by atoms with Crippen molar-refractivity contribution in [1.82, 2.24) is 14.9 Å². The Morgan fingerprint density at radius 1 is 1.43 bits per heavy atom. The molecule has 1 heterocycles. The molecule has 0 radical (unpaired) electrons. The van der Waals surface area contributed by atoms with Crippen LogP contribution >= 0.6 is 0 Å². The Kier molecular flexibility index (Phi) is 5.33. The molecule has 0 fully saturated rings. The van der Waals surface area contributed by atoms with Gasteiger partial charge in [-0.05, 0) is 31.9 Å². The van der Waals surface area contributed by atoms with Gasteiger partial charge in [0, 0.05) is 13.1 Å². The number of carbonyl (C=O) groups is 1. The molecule has 1 aromatic carbocycles. The van der Waals surface area contributed by atoms with Crippen LogP contribution in [-0.2, 0) is 11.3 Å². The number of amides is 1. The van der Waals surface area contributed by atoms with Crippen LogP contribution in [0.5, 0.6) is 0 Å². The van der Waals surface area contributed by atoms with Crippen LogP contribution in [0.25, 0.3) is 11.0 Å². The zero-order valence-corrected chi connectivity index (χ0v) is 12.8. The SMILES string of the molecule is CCCC(N)C(=O)NCCCn1c(C)nc2ccccc21. The van der Waals surface area contributed by atoms with Crippen molar-refractivity contribution in [3.05, 3.63) is 30.1 Å². The van der Waals surface area contributed by atoms with Crippen LogP contribution in [0.2, 0.25) is 0 Å². The third-order valence-corrected chi connectivity index (χ3v) is 3.64. The molecule has 0 aliphatic rings. The maximum Gasteiger partial charge on any atom is 0.236 e. The summed E-state index contributed by atoms with van der Waals surface area (Å²) in [6.07, 6.45) is 2.53. The minimum absolute atomic E-state index is 0.0518. The van der Waals surface area contributed by atoms with Crippen molar-refractivity contribution in [3.63, 3.8) is 0 Å². The monoisotopic (exact) mass is 288 g/mol. The third kappa shape index (κ3) is 3.82. The van der Waals surface area contributed by atoms with E-state index in [0.717, 1.165) is 42.7 Å². The highest BCUT2D eigenvalue weighted by molar-refractivity contribution is 5.81.